The van der Waals surface area contributed by atoms with Gasteiger partial charge in [0.2, 0.25) is 0 Å². The maximum atomic E-state index is 10.5. The summed E-state index contributed by atoms with van der Waals surface area (Å²) in [6.45, 7) is 8.20. The lowest BCUT2D eigenvalue weighted by atomic mass is 9.90. The fraction of sp³-hybridized carbons (Fsp3) is 0.286. The van der Waals surface area contributed by atoms with Crippen LogP contribution in [-0.2, 0) is 0 Å². The molecule has 0 aliphatic rings. The third kappa shape index (κ3) is 3.99. The minimum atomic E-state index is 0.201. The molecule has 2 aromatic rings. The summed E-state index contributed by atoms with van der Waals surface area (Å²) < 4.78 is 0. The SMILES string of the molecule is CC(C)c1cc(/C=C(\C#N)c2cccc(Cl)c2)cc(C(C)C)c1O. The molecular weight excluding hydrogens is 318 g/mol. The van der Waals surface area contributed by atoms with Gasteiger partial charge in [0.25, 0.3) is 0 Å². The van der Waals surface area contributed by atoms with Gasteiger partial charge in [-0.3, -0.25) is 0 Å². The van der Waals surface area contributed by atoms with E-state index in [0.29, 0.717) is 16.3 Å². The van der Waals surface area contributed by atoms with Crippen LogP contribution in [0.4, 0.5) is 0 Å². The normalized spacial score (nSPS) is 11.8. The lowest BCUT2D eigenvalue weighted by Crippen LogP contribution is -1.97. The number of aromatic hydroxyl groups is 1. The molecule has 0 bridgehead atoms. The minimum Gasteiger partial charge on any atom is -0.507 e. The molecule has 0 aliphatic heterocycles. The molecule has 0 heterocycles. The number of nitriles is 1. The average molecular weight is 340 g/mol. The second kappa shape index (κ2) is 7.55. The summed E-state index contributed by atoms with van der Waals surface area (Å²) in [4.78, 5) is 0. The number of phenolic OH excluding ortho intramolecular Hbond substituents is 1. The minimum absolute atomic E-state index is 0.201. The van der Waals surface area contributed by atoms with E-state index in [9.17, 15) is 10.4 Å². The lowest BCUT2D eigenvalue weighted by Gasteiger charge is -2.16. The smallest absolute Gasteiger partial charge is 0.122 e. The van der Waals surface area contributed by atoms with Crippen LogP contribution in [0.5, 0.6) is 5.75 Å². The quantitative estimate of drug-likeness (QED) is 0.520. The van der Waals surface area contributed by atoms with Gasteiger partial charge in [0.1, 0.15) is 5.75 Å². The van der Waals surface area contributed by atoms with Crippen LogP contribution in [0.1, 0.15) is 61.8 Å². The molecule has 0 radical (unpaired) electrons. The van der Waals surface area contributed by atoms with Crippen molar-refractivity contribution in [1.82, 2.24) is 0 Å². The van der Waals surface area contributed by atoms with Gasteiger partial charge in [-0.05, 0) is 64.4 Å². The molecule has 0 unspecified atom stereocenters. The molecule has 0 saturated heterocycles. The molecule has 1 N–H and O–H groups in total. The summed E-state index contributed by atoms with van der Waals surface area (Å²) in [7, 11) is 0. The maximum Gasteiger partial charge on any atom is 0.122 e. The Labute approximate surface area is 149 Å². The van der Waals surface area contributed by atoms with Crippen molar-refractivity contribution in [3.8, 4) is 11.8 Å². The molecule has 0 aromatic heterocycles. The van der Waals surface area contributed by atoms with Gasteiger partial charge in [-0.25, -0.2) is 0 Å². The second-order valence-corrected chi connectivity index (χ2v) is 6.97. The molecule has 0 saturated carbocycles. The zero-order chi connectivity index (χ0) is 17.9. The fourth-order valence-electron chi connectivity index (χ4n) is 2.67. The molecule has 0 spiro atoms. The molecule has 2 aromatic carbocycles. The Morgan fingerprint density at radius 2 is 1.67 bits per heavy atom. The van der Waals surface area contributed by atoms with Crippen LogP contribution < -0.4 is 0 Å². The van der Waals surface area contributed by atoms with Crippen molar-refractivity contribution < 1.29 is 5.11 Å². The van der Waals surface area contributed by atoms with E-state index >= 15 is 0 Å². The van der Waals surface area contributed by atoms with E-state index < -0.39 is 0 Å². The molecule has 24 heavy (non-hydrogen) atoms. The molecule has 2 rings (SSSR count). The molecule has 0 aliphatic carbocycles. The van der Waals surface area contributed by atoms with Crippen LogP contribution in [0.25, 0.3) is 11.6 Å². The van der Waals surface area contributed by atoms with E-state index in [1.54, 1.807) is 12.1 Å². The predicted molar refractivity (Wildman–Crippen MR) is 101 cm³/mol. The molecule has 2 nitrogen and oxygen atoms in total. The Bertz CT molecular complexity index is 784. The molecule has 0 atom stereocenters. The molecule has 0 fully saturated rings. The van der Waals surface area contributed by atoms with E-state index in [2.05, 4.69) is 33.8 Å². The van der Waals surface area contributed by atoms with Crippen molar-refractivity contribution in [1.29, 1.82) is 5.26 Å². The van der Waals surface area contributed by atoms with Crippen molar-refractivity contribution in [3.05, 3.63) is 63.7 Å². The van der Waals surface area contributed by atoms with Crippen molar-refractivity contribution in [2.24, 2.45) is 0 Å². The summed E-state index contributed by atoms with van der Waals surface area (Å²) in [6, 6.07) is 13.4. The van der Waals surface area contributed by atoms with Crippen molar-refractivity contribution in [3.63, 3.8) is 0 Å². The Hall–Kier alpha value is -2.24. The first kappa shape index (κ1) is 18.1. The van der Waals surface area contributed by atoms with Gasteiger partial charge in [-0.2, -0.15) is 5.26 Å². The third-order valence-corrected chi connectivity index (χ3v) is 4.24. The highest BCUT2D eigenvalue weighted by Gasteiger charge is 2.15. The highest BCUT2D eigenvalue weighted by molar-refractivity contribution is 6.30. The monoisotopic (exact) mass is 339 g/mol. The molecular formula is C21H22ClNO. The van der Waals surface area contributed by atoms with Crippen LogP contribution in [0.3, 0.4) is 0 Å². The number of benzene rings is 2. The topological polar surface area (TPSA) is 44.0 Å². The highest BCUT2D eigenvalue weighted by Crippen LogP contribution is 2.35. The zero-order valence-electron chi connectivity index (χ0n) is 14.5. The number of halogens is 1. The van der Waals surface area contributed by atoms with E-state index in [1.807, 2.05) is 30.3 Å². The standard InChI is InChI=1S/C21H22ClNO/c1-13(2)19-9-15(10-20(14(3)4)21(19)24)8-17(12-23)16-6-5-7-18(22)11-16/h5-11,13-14,24H,1-4H3/b17-8+. The zero-order valence-corrected chi connectivity index (χ0v) is 15.2. The van der Waals surface area contributed by atoms with Gasteiger partial charge in [0.15, 0.2) is 0 Å². The summed E-state index contributed by atoms with van der Waals surface area (Å²) >= 11 is 6.03. The van der Waals surface area contributed by atoms with Crippen LogP contribution in [0.15, 0.2) is 36.4 Å². The maximum absolute atomic E-state index is 10.5. The Kier molecular flexibility index (Phi) is 5.70. The van der Waals surface area contributed by atoms with Gasteiger partial charge in [-0.1, -0.05) is 51.4 Å². The van der Waals surface area contributed by atoms with Crippen molar-refractivity contribution in [2.45, 2.75) is 39.5 Å². The average Bonchev–Trinajstić information content (AvgIpc) is 2.53. The van der Waals surface area contributed by atoms with Gasteiger partial charge in [0, 0.05) is 5.02 Å². The number of hydrogen-bond donors (Lipinski definition) is 1. The fourth-order valence-corrected chi connectivity index (χ4v) is 2.86. The van der Waals surface area contributed by atoms with Crippen LogP contribution >= 0.6 is 11.6 Å². The van der Waals surface area contributed by atoms with Crippen LogP contribution in [-0.4, -0.2) is 5.11 Å². The Balaban J connectivity index is 2.60. The van der Waals surface area contributed by atoms with E-state index in [-0.39, 0.29) is 11.8 Å². The third-order valence-electron chi connectivity index (χ3n) is 4.00. The number of rotatable bonds is 4. The van der Waals surface area contributed by atoms with Crippen molar-refractivity contribution >= 4 is 23.3 Å². The number of hydrogen-bond acceptors (Lipinski definition) is 2. The van der Waals surface area contributed by atoms with Gasteiger partial charge in [-0.15, -0.1) is 0 Å². The Morgan fingerprint density at radius 3 is 2.12 bits per heavy atom. The first-order chi connectivity index (χ1) is 11.3. The molecule has 124 valence electrons. The first-order valence-corrected chi connectivity index (χ1v) is 8.45. The summed E-state index contributed by atoms with van der Waals surface area (Å²) in [5.74, 6) is 0.763. The number of nitrogens with zero attached hydrogens (tertiary/aromatic N) is 1. The van der Waals surface area contributed by atoms with Gasteiger partial charge in [0.05, 0.1) is 11.6 Å². The highest BCUT2D eigenvalue weighted by atomic mass is 35.5. The van der Waals surface area contributed by atoms with E-state index in [4.69, 9.17) is 11.6 Å². The van der Waals surface area contributed by atoms with Gasteiger partial charge < -0.3 is 5.11 Å². The van der Waals surface area contributed by atoms with Crippen molar-refractivity contribution in [2.75, 3.05) is 0 Å². The molecule has 3 heteroatoms. The number of phenols is 1. The summed E-state index contributed by atoms with van der Waals surface area (Å²) in [6.07, 6.45) is 1.85. The first-order valence-electron chi connectivity index (χ1n) is 8.08. The van der Waals surface area contributed by atoms with Crippen LogP contribution in [0.2, 0.25) is 5.02 Å². The van der Waals surface area contributed by atoms with E-state index in [0.717, 1.165) is 22.3 Å². The van der Waals surface area contributed by atoms with E-state index in [1.165, 1.54) is 0 Å². The predicted octanol–water partition coefficient (Wildman–Crippen LogP) is 6.36. The largest absolute Gasteiger partial charge is 0.507 e. The lowest BCUT2D eigenvalue weighted by molar-refractivity contribution is 0.454. The van der Waals surface area contributed by atoms with Crippen LogP contribution in [0, 0.1) is 11.3 Å². The molecule has 0 amide bonds. The summed E-state index contributed by atoms with van der Waals surface area (Å²) in [5.41, 5.74) is 4.05. The second-order valence-electron chi connectivity index (χ2n) is 6.54. The van der Waals surface area contributed by atoms with Gasteiger partial charge >= 0.3 is 0 Å². The number of allylic oxidation sites excluding steroid dienone is 1. The summed E-state index contributed by atoms with van der Waals surface area (Å²) in [5, 5.41) is 20.6. The Morgan fingerprint density at radius 1 is 1.08 bits per heavy atom.